The van der Waals surface area contributed by atoms with Crippen molar-refractivity contribution in [1.82, 2.24) is 4.90 Å². The van der Waals surface area contributed by atoms with Gasteiger partial charge in [0.05, 0.1) is 31.7 Å². The van der Waals surface area contributed by atoms with Gasteiger partial charge < -0.3 is 14.6 Å². The third-order valence-corrected chi connectivity index (χ3v) is 7.07. The molecular formula is C26H31NO6. The summed E-state index contributed by atoms with van der Waals surface area (Å²) in [5.74, 6) is -1.91. The molecule has 2 heterocycles. The Kier molecular flexibility index (Phi) is 6.70. The fourth-order valence-corrected chi connectivity index (χ4v) is 5.61. The molecule has 0 unspecified atom stereocenters. The van der Waals surface area contributed by atoms with Crippen molar-refractivity contribution in [2.24, 2.45) is 17.8 Å². The Morgan fingerprint density at radius 3 is 2.58 bits per heavy atom. The van der Waals surface area contributed by atoms with E-state index < -0.39 is 29.7 Å². The smallest absolute Gasteiger partial charge is 0.423 e. The molecule has 0 saturated carbocycles. The van der Waals surface area contributed by atoms with Crippen LogP contribution in [0.25, 0.3) is 6.08 Å². The zero-order chi connectivity index (χ0) is 23.7. The Hall–Kier alpha value is -2.93. The van der Waals surface area contributed by atoms with Crippen LogP contribution < -0.4 is 0 Å². The second-order valence-corrected chi connectivity index (χ2v) is 9.17. The van der Waals surface area contributed by atoms with Crippen LogP contribution in [0.2, 0.25) is 0 Å². The summed E-state index contributed by atoms with van der Waals surface area (Å²) in [7, 11) is 1.17. The van der Waals surface area contributed by atoms with Gasteiger partial charge >= 0.3 is 6.09 Å². The third kappa shape index (κ3) is 4.34. The molecule has 0 spiro atoms. The number of aromatic hydroxyl groups is 1. The average molecular weight is 454 g/mol. The van der Waals surface area contributed by atoms with E-state index in [0.29, 0.717) is 17.9 Å². The largest absolute Gasteiger partial charge is 0.508 e. The number of hydrogen-bond donors (Lipinski definition) is 1. The number of nitrogens with zero attached hydrogens (tertiary/aromatic N) is 1. The predicted molar refractivity (Wildman–Crippen MR) is 122 cm³/mol. The molecule has 0 aromatic heterocycles. The topological polar surface area (TPSA) is 93.1 Å². The van der Waals surface area contributed by atoms with Crippen LogP contribution in [-0.4, -0.2) is 47.7 Å². The number of benzene rings is 1. The van der Waals surface area contributed by atoms with Gasteiger partial charge in [0.1, 0.15) is 5.75 Å². The highest BCUT2D eigenvalue weighted by atomic mass is 16.5. The first-order valence-electron chi connectivity index (χ1n) is 11.6. The number of rotatable bonds is 6. The molecule has 1 N–H and O–H groups in total. The normalized spacial score (nSPS) is 27.1. The number of fused-ring (bicyclic) bond motifs is 3. The number of hydrogen-bond acceptors (Lipinski definition) is 6. The number of carbonyl (C=O) groups excluding carboxylic acids is 3. The zero-order valence-corrected chi connectivity index (χ0v) is 19.4. The molecule has 2 fully saturated rings. The van der Waals surface area contributed by atoms with Crippen LogP contribution >= 0.6 is 0 Å². The molecule has 4 atom stereocenters. The Balaban J connectivity index is 1.50. The second-order valence-electron chi connectivity index (χ2n) is 9.17. The molecule has 7 nitrogen and oxygen atoms in total. The molecule has 1 aliphatic carbocycles. The maximum Gasteiger partial charge on any atom is 0.423 e. The highest BCUT2D eigenvalue weighted by Crippen LogP contribution is 2.49. The van der Waals surface area contributed by atoms with E-state index in [1.165, 1.54) is 12.7 Å². The molecule has 3 aliphatic rings. The van der Waals surface area contributed by atoms with E-state index in [0.717, 1.165) is 42.4 Å². The summed E-state index contributed by atoms with van der Waals surface area (Å²) < 4.78 is 10.8. The Morgan fingerprint density at radius 1 is 1.18 bits per heavy atom. The Morgan fingerprint density at radius 2 is 1.91 bits per heavy atom. The standard InChI is InChI=1S/C26H31NO6/c1-4-5-16(13-17-6-9-18(28)10-7-17)8-11-21-22-15(2)12-19-23(20(22)14-33-21)25(30)27(24(19)29)26(31)32-3/h6-7,9-10,13,19-21,23,28H,4-5,8,11-12,14H2,1-3H3/b16-13+/t19-,20+,21-,23-/m1/s1. The molecule has 2 saturated heterocycles. The van der Waals surface area contributed by atoms with Gasteiger partial charge in [-0.25, -0.2) is 4.79 Å². The highest BCUT2D eigenvalue weighted by Gasteiger charge is 2.58. The summed E-state index contributed by atoms with van der Waals surface area (Å²) in [6.07, 6.45) is 5.31. The van der Waals surface area contributed by atoms with Gasteiger partial charge in [-0.05, 0) is 55.9 Å². The summed E-state index contributed by atoms with van der Waals surface area (Å²) in [6.45, 7) is 4.55. The number of phenols is 1. The number of imide groups is 3. The number of phenolic OH excluding ortho intramolecular Hbond substituents is 1. The van der Waals surface area contributed by atoms with Crippen molar-refractivity contribution in [3.8, 4) is 5.75 Å². The SMILES string of the molecule is CCC/C(=C\c1ccc(O)cc1)CC[C@H]1OC[C@H]2C1=C(C)C[C@H]1C(=O)N(C(=O)OC)C(=O)[C@H]12. The van der Waals surface area contributed by atoms with Crippen LogP contribution in [0, 0.1) is 17.8 Å². The van der Waals surface area contributed by atoms with Gasteiger partial charge in [-0.2, -0.15) is 4.90 Å². The summed E-state index contributed by atoms with van der Waals surface area (Å²) in [6, 6.07) is 7.17. The zero-order valence-electron chi connectivity index (χ0n) is 19.4. The van der Waals surface area contributed by atoms with E-state index in [9.17, 15) is 19.5 Å². The summed E-state index contributed by atoms with van der Waals surface area (Å²) in [5.41, 5.74) is 4.59. The van der Waals surface area contributed by atoms with Crippen LogP contribution in [0.5, 0.6) is 5.75 Å². The fourth-order valence-electron chi connectivity index (χ4n) is 5.61. The number of likely N-dealkylation sites (tertiary alicyclic amines) is 1. The van der Waals surface area contributed by atoms with Crippen molar-refractivity contribution in [3.63, 3.8) is 0 Å². The van der Waals surface area contributed by atoms with Gasteiger partial charge in [0.25, 0.3) is 0 Å². The number of ether oxygens (including phenoxy) is 2. The van der Waals surface area contributed by atoms with Crippen molar-refractivity contribution < 1.29 is 29.0 Å². The first kappa shape index (κ1) is 23.2. The van der Waals surface area contributed by atoms with E-state index in [1.54, 1.807) is 12.1 Å². The number of methoxy groups -OCH3 is 1. The van der Waals surface area contributed by atoms with Crippen LogP contribution in [-0.2, 0) is 19.1 Å². The maximum atomic E-state index is 13.0. The van der Waals surface area contributed by atoms with E-state index in [1.807, 2.05) is 19.1 Å². The van der Waals surface area contributed by atoms with Crippen molar-refractivity contribution in [3.05, 3.63) is 46.5 Å². The van der Waals surface area contributed by atoms with Gasteiger partial charge in [-0.3, -0.25) is 9.59 Å². The molecule has 2 aliphatic heterocycles. The minimum absolute atomic E-state index is 0.0916. The Bertz CT molecular complexity index is 1010. The van der Waals surface area contributed by atoms with Crippen LogP contribution in [0.15, 0.2) is 41.0 Å². The highest BCUT2D eigenvalue weighted by molar-refractivity contribution is 6.16. The molecule has 1 aromatic rings. The minimum atomic E-state index is -0.905. The maximum absolute atomic E-state index is 13.0. The van der Waals surface area contributed by atoms with E-state index in [2.05, 4.69) is 17.7 Å². The third-order valence-electron chi connectivity index (χ3n) is 7.07. The van der Waals surface area contributed by atoms with Crippen molar-refractivity contribution in [2.75, 3.05) is 13.7 Å². The fraction of sp³-hybridized carbons (Fsp3) is 0.500. The van der Waals surface area contributed by atoms with Crippen LogP contribution in [0.4, 0.5) is 4.79 Å². The van der Waals surface area contributed by atoms with Gasteiger partial charge in [0, 0.05) is 5.92 Å². The molecule has 0 bridgehead atoms. The predicted octanol–water partition coefficient (Wildman–Crippen LogP) is 4.46. The molecule has 33 heavy (non-hydrogen) atoms. The monoisotopic (exact) mass is 453 g/mol. The van der Waals surface area contributed by atoms with E-state index in [4.69, 9.17) is 4.74 Å². The first-order chi connectivity index (χ1) is 15.8. The van der Waals surface area contributed by atoms with Crippen molar-refractivity contribution >= 4 is 24.0 Å². The lowest BCUT2D eigenvalue weighted by molar-refractivity contribution is -0.137. The average Bonchev–Trinajstić information content (AvgIpc) is 3.32. The number of carbonyl (C=O) groups is 3. The summed E-state index contributed by atoms with van der Waals surface area (Å²) in [5, 5.41) is 9.52. The molecule has 0 radical (unpaired) electrons. The quantitative estimate of drug-likeness (QED) is 0.505. The van der Waals surface area contributed by atoms with Crippen molar-refractivity contribution in [1.29, 1.82) is 0 Å². The molecule has 176 valence electrons. The molecule has 3 amide bonds. The minimum Gasteiger partial charge on any atom is -0.508 e. The lowest BCUT2D eigenvalue weighted by Gasteiger charge is -2.30. The molecule has 1 aromatic carbocycles. The van der Waals surface area contributed by atoms with Gasteiger partial charge in [0.2, 0.25) is 11.8 Å². The van der Waals surface area contributed by atoms with Crippen LogP contribution in [0.1, 0.15) is 51.5 Å². The molecule has 7 heteroatoms. The first-order valence-corrected chi connectivity index (χ1v) is 11.6. The van der Waals surface area contributed by atoms with E-state index >= 15 is 0 Å². The lowest BCUT2D eigenvalue weighted by Crippen LogP contribution is -2.37. The number of amides is 3. The van der Waals surface area contributed by atoms with E-state index in [-0.39, 0.29) is 17.8 Å². The lowest BCUT2D eigenvalue weighted by atomic mass is 9.70. The number of allylic oxidation sites excluding steroid dienone is 2. The van der Waals surface area contributed by atoms with Gasteiger partial charge in [-0.1, -0.05) is 42.7 Å². The molecular weight excluding hydrogens is 422 g/mol. The van der Waals surface area contributed by atoms with Crippen molar-refractivity contribution in [2.45, 2.75) is 52.1 Å². The molecule has 4 rings (SSSR count). The summed E-state index contributed by atoms with van der Waals surface area (Å²) in [4.78, 5) is 38.4. The second kappa shape index (κ2) is 9.51. The van der Waals surface area contributed by atoms with Gasteiger partial charge in [0.15, 0.2) is 0 Å². The Labute approximate surface area is 194 Å². The summed E-state index contributed by atoms with van der Waals surface area (Å²) >= 11 is 0. The van der Waals surface area contributed by atoms with Crippen LogP contribution in [0.3, 0.4) is 0 Å². The van der Waals surface area contributed by atoms with Gasteiger partial charge in [-0.15, -0.1) is 0 Å².